The maximum atomic E-state index is 11.9. The van der Waals surface area contributed by atoms with Crippen molar-refractivity contribution < 1.29 is 23.2 Å². The Bertz CT molecular complexity index is 714. The lowest BCUT2D eigenvalue weighted by molar-refractivity contribution is -0.126. The van der Waals surface area contributed by atoms with E-state index < -0.39 is 21.5 Å². The molecule has 2 aromatic rings. The molecule has 1 amide bonds. The fourth-order valence-corrected chi connectivity index (χ4v) is 2.67. The van der Waals surface area contributed by atoms with Crippen LogP contribution in [0.15, 0.2) is 53.7 Å². The molecule has 110 valence electrons. The number of sulfone groups is 1. The zero-order valence-corrected chi connectivity index (χ0v) is 11.6. The second-order valence-electron chi connectivity index (χ2n) is 4.05. The van der Waals surface area contributed by atoms with E-state index in [1.165, 1.54) is 29.7 Å². The van der Waals surface area contributed by atoms with E-state index in [4.69, 9.17) is 9.94 Å². The third-order valence-electron chi connectivity index (χ3n) is 2.51. The summed E-state index contributed by atoms with van der Waals surface area (Å²) in [5, 5.41) is 8.36. The lowest BCUT2D eigenvalue weighted by atomic mass is 10.3. The van der Waals surface area contributed by atoms with E-state index >= 15 is 0 Å². The third-order valence-corrected chi connectivity index (χ3v) is 4.15. The SMILES string of the molecule is O=C(CS(=O)(=O)c1ccc(Oc2ccncc2)cc1)NO. The van der Waals surface area contributed by atoms with Gasteiger partial charge in [-0.1, -0.05) is 0 Å². The highest BCUT2D eigenvalue weighted by Gasteiger charge is 2.19. The summed E-state index contributed by atoms with van der Waals surface area (Å²) in [4.78, 5) is 14.8. The summed E-state index contributed by atoms with van der Waals surface area (Å²) in [6, 6.07) is 8.94. The van der Waals surface area contributed by atoms with E-state index in [2.05, 4.69) is 4.98 Å². The van der Waals surface area contributed by atoms with Crippen molar-refractivity contribution in [2.45, 2.75) is 4.90 Å². The number of hydrogen-bond donors (Lipinski definition) is 2. The van der Waals surface area contributed by atoms with Gasteiger partial charge in [0.05, 0.1) is 4.90 Å². The highest BCUT2D eigenvalue weighted by molar-refractivity contribution is 7.92. The molecular weight excluding hydrogens is 296 g/mol. The molecule has 0 bridgehead atoms. The Kier molecular flexibility index (Phi) is 4.51. The first kappa shape index (κ1) is 14.9. The molecule has 1 heterocycles. The van der Waals surface area contributed by atoms with Crippen molar-refractivity contribution in [3.8, 4) is 11.5 Å². The molecule has 0 atom stereocenters. The van der Waals surface area contributed by atoms with Crippen molar-refractivity contribution >= 4 is 15.7 Å². The molecule has 0 unspecified atom stereocenters. The predicted molar refractivity (Wildman–Crippen MR) is 72.7 cm³/mol. The number of carbonyl (C=O) groups excluding carboxylic acids is 1. The van der Waals surface area contributed by atoms with Gasteiger partial charge in [-0.25, -0.2) is 13.9 Å². The maximum absolute atomic E-state index is 11.9. The van der Waals surface area contributed by atoms with Crippen LogP contribution in [0.3, 0.4) is 0 Å². The topological polar surface area (TPSA) is 106 Å². The first-order valence-electron chi connectivity index (χ1n) is 5.85. The van der Waals surface area contributed by atoms with Gasteiger partial charge in [-0.05, 0) is 36.4 Å². The number of rotatable bonds is 5. The van der Waals surface area contributed by atoms with E-state index in [0.29, 0.717) is 11.5 Å². The highest BCUT2D eigenvalue weighted by atomic mass is 32.2. The second kappa shape index (κ2) is 6.33. The number of aromatic nitrogens is 1. The molecule has 0 aliphatic heterocycles. The van der Waals surface area contributed by atoms with E-state index in [1.807, 2.05) is 0 Å². The molecule has 7 nitrogen and oxygen atoms in total. The lowest BCUT2D eigenvalue weighted by Crippen LogP contribution is -2.27. The van der Waals surface area contributed by atoms with Gasteiger partial charge in [0.25, 0.3) is 5.91 Å². The molecule has 0 fully saturated rings. The van der Waals surface area contributed by atoms with Gasteiger partial charge in [-0.3, -0.25) is 15.0 Å². The van der Waals surface area contributed by atoms with E-state index in [9.17, 15) is 13.2 Å². The average Bonchev–Trinajstić information content (AvgIpc) is 2.48. The van der Waals surface area contributed by atoms with E-state index in [-0.39, 0.29) is 4.90 Å². The normalized spacial score (nSPS) is 10.9. The molecule has 0 aliphatic carbocycles. The second-order valence-corrected chi connectivity index (χ2v) is 6.04. The number of nitrogens with zero attached hydrogens (tertiary/aromatic N) is 1. The summed E-state index contributed by atoms with van der Waals surface area (Å²) in [7, 11) is -3.80. The van der Waals surface area contributed by atoms with Crippen LogP contribution in [0.4, 0.5) is 0 Å². The molecule has 0 radical (unpaired) electrons. The van der Waals surface area contributed by atoms with Crippen molar-refractivity contribution in [2.24, 2.45) is 0 Å². The summed E-state index contributed by atoms with van der Waals surface area (Å²) in [5.74, 6) is -0.798. The average molecular weight is 308 g/mol. The van der Waals surface area contributed by atoms with Gasteiger partial charge < -0.3 is 4.74 Å². The van der Waals surface area contributed by atoms with Gasteiger partial charge >= 0.3 is 0 Å². The summed E-state index contributed by atoms with van der Waals surface area (Å²) in [6.07, 6.45) is 3.14. The van der Waals surface area contributed by atoms with Crippen LogP contribution in [-0.2, 0) is 14.6 Å². The molecule has 21 heavy (non-hydrogen) atoms. The van der Waals surface area contributed by atoms with Gasteiger partial charge in [0.2, 0.25) is 0 Å². The van der Waals surface area contributed by atoms with Crippen molar-refractivity contribution in [2.75, 3.05) is 5.75 Å². The summed E-state index contributed by atoms with van der Waals surface area (Å²) < 4.78 is 29.2. The molecule has 1 aromatic heterocycles. The fraction of sp³-hybridized carbons (Fsp3) is 0.0769. The first-order valence-corrected chi connectivity index (χ1v) is 7.50. The van der Waals surface area contributed by atoms with Crippen LogP contribution < -0.4 is 10.2 Å². The predicted octanol–water partition coefficient (Wildman–Crippen LogP) is 1.15. The zero-order valence-electron chi connectivity index (χ0n) is 10.8. The number of hydroxylamine groups is 1. The van der Waals surface area contributed by atoms with Gasteiger partial charge in [-0.15, -0.1) is 0 Å². The Morgan fingerprint density at radius 2 is 1.67 bits per heavy atom. The number of nitrogens with one attached hydrogen (secondary N) is 1. The number of carbonyl (C=O) groups is 1. The van der Waals surface area contributed by atoms with E-state index in [0.717, 1.165) is 0 Å². The smallest absolute Gasteiger partial charge is 0.258 e. The van der Waals surface area contributed by atoms with Crippen LogP contribution in [0.2, 0.25) is 0 Å². The fourth-order valence-electron chi connectivity index (χ4n) is 1.55. The first-order chi connectivity index (χ1) is 10.0. The molecule has 0 aliphatic rings. The minimum atomic E-state index is -3.80. The molecule has 1 aromatic carbocycles. The zero-order chi connectivity index (χ0) is 15.3. The van der Waals surface area contributed by atoms with Gasteiger partial charge in [0.1, 0.15) is 17.3 Å². The molecule has 8 heteroatoms. The van der Waals surface area contributed by atoms with E-state index in [1.54, 1.807) is 24.5 Å². The monoisotopic (exact) mass is 308 g/mol. The quantitative estimate of drug-likeness (QED) is 0.634. The van der Waals surface area contributed by atoms with Gasteiger partial charge in [0, 0.05) is 12.4 Å². The standard InChI is InChI=1S/C13H12N2O5S/c16-13(15-17)9-21(18,19)12-3-1-10(2-4-12)20-11-5-7-14-8-6-11/h1-8,17H,9H2,(H,15,16). The Morgan fingerprint density at radius 3 is 2.24 bits per heavy atom. The number of hydrogen-bond acceptors (Lipinski definition) is 6. The number of pyridine rings is 1. The van der Waals surface area contributed by atoms with Crippen LogP contribution in [0.1, 0.15) is 0 Å². The largest absolute Gasteiger partial charge is 0.457 e. The van der Waals surface area contributed by atoms with Crippen LogP contribution >= 0.6 is 0 Å². The van der Waals surface area contributed by atoms with Crippen LogP contribution in [-0.4, -0.2) is 30.3 Å². The van der Waals surface area contributed by atoms with Crippen molar-refractivity contribution in [3.05, 3.63) is 48.8 Å². The molecule has 2 rings (SSSR count). The van der Waals surface area contributed by atoms with Crippen LogP contribution in [0.5, 0.6) is 11.5 Å². The van der Waals surface area contributed by atoms with Gasteiger partial charge in [0.15, 0.2) is 9.84 Å². The third kappa shape index (κ3) is 4.01. The Hall–Kier alpha value is -2.45. The van der Waals surface area contributed by atoms with Crippen LogP contribution in [0, 0.1) is 0 Å². The minimum Gasteiger partial charge on any atom is -0.457 e. The van der Waals surface area contributed by atoms with Crippen molar-refractivity contribution in [3.63, 3.8) is 0 Å². The van der Waals surface area contributed by atoms with Crippen LogP contribution in [0.25, 0.3) is 0 Å². The molecule has 2 N–H and O–H groups in total. The number of benzene rings is 1. The molecular formula is C13H12N2O5S. The highest BCUT2D eigenvalue weighted by Crippen LogP contribution is 2.22. The molecule has 0 spiro atoms. The Balaban J connectivity index is 2.14. The molecule has 0 saturated carbocycles. The summed E-state index contributed by atoms with van der Waals surface area (Å²) in [6.45, 7) is 0. The maximum Gasteiger partial charge on any atom is 0.258 e. The molecule has 0 saturated heterocycles. The summed E-state index contributed by atoms with van der Waals surface area (Å²) >= 11 is 0. The lowest BCUT2D eigenvalue weighted by Gasteiger charge is -2.07. The number of amides is 1. The summed E-state index contributed by atoms with van der Waals surface area (Å²) in [5.41, 5.74) is 1.29. The van der Waals surface area contributed by atoms with Crippen molar-refractivity contribution in [1.29, 1.82) is 0 Å². The Labute approximate surface area is 121 Å². The minimum absolute atomic E-state index is 0.0341. The Morgan fingerprint density at radius 1 is 1.10 bits per heavy atom. The number of ether oxygens (including phenoxy) is 1. The van der Waals surface area contributed by atoms with Crippen molar-refractivity contribution in [1.82, 2.24) is 10.5 Å². The van der Waals surface area contributed by atoms with Gasteiger partial charge in [-0.2, -0.15) is 0 Å².